The minimum Gasteiger partial charge on any atom is -0.389 e. The van der Waals surface area contributed by atoms with E-state index >= 15 is 0 Å². The standard InChI is InChI=1S/C20H20IN3O/c1-14-5-3-4-6-16(14)9-10-23-13-17(12-22)20(25)24-19-8-7-18(21)11-15(19)2/h3-8,11,13,23H,9-10H2,1-2H3,(H,24,25)/b17-13-. The number of halogens is 1. The molecule has 128 valence electrons. The van der Waals surface area contributed by atoms with Crippen molar-refractivity contribution in [2.75, 3.05) is 11.9 Å². The van der Waals surface area contributed by atoms with Crippen molar-refractivity contribution in [1.29, 1.82) is 5.26 Å². The van der Waals surface area contributed by atoms with Crippen LogP contribution in [0, 0.1) is 28.7 Å². The summed E-state index contributed by atoms with van der Waals surface area (Å²) in [5.74, 6) is -0.407. The number of aryl methyl sites for hydroxylation is 2. The van der Waals surface area contributed by atoms with Crippen LogP contribution in [0.25, 0.3) is 0 Å². The molecule has 0 saturated carbocycles. The molecule has 0 aliphatic carbocycles. The first kappa shape index (κ1) is 19.0. The van der Waals surface area contributed by atoms with Gasteiger partial charge < -0.3 is 10.6 Å². The number of nitrogens with zero attached hydrogens (tertiary/aromatic N) is 1. The van der Waals surface area contributed by atoms with Gasteiger partial charge in [0.2, 0.25) is 0 Å². The lowest BCUT2D eigenvalue weighted by molar-refractivity contribution is -0.112. The van der Waals surface area contributed by atoms with E-state index in [1.54, 1.807) is 0 Å². The maximum atomic E-state index is 12.3. The van der Waals surface area contributed by atoms with E-state index in [2.05, 4.69) is 52.3 Å². The van der Waals surface area contributed by atoms with Crippen LogP contribution in [0.2, 0.25) is 0 Å². The van der Waals surface area contributed by atoms with Crippen LogP contribution in [-0.4, -0.2) is 12.5 Å². The van der Waals surface area contributed by atoms with Crippen LogP contribution in [0.4, 0.5) is 5.69 Å². The van der Waals surface area contributed by atoms with Gasteiger partial charge in [0.1, 0.15) is 11.6 Å². The first-order valence-electron chi connectivity index (χ1n) is 7.97. The normalized spacial score (nSPS) is 10.9. The van der Waals surface area contributed by atoms with Crippen LogP contribution < -0.4 is 10.6 Å². The highest BCUT2D eigenvalue weighted by Gasteiger charge is 2.10. The van der Waals surface area contributed by atoms with Crippen molar-refractivity contribution in [1.82, 2.24) is 5.32 Å². The molecule has 0 spiro atoms. The first-order chi connectivity index (χ1) is 12.0. The van der Waals surface area contributed by atoms with Crippen LogP contribution in [0.5, 0.6) is 0 Å². The Bertz CT molecular complexity index is 837. The van der Waals surface area contributed by atoms with E-state index in [1.807, 2.05) is 43.3 Å². The second kappa shape index (κ2) is 9.23. The van der Waals surface area contributed by atoms with E-state index in [-0.39, 0.29) is 5.57 Å². The first-order valence-corrected chi connectivity index (χ1v) is 9.05. The zero-order valence-corrected chi connectivity index (χ0v) is 16.4. The van der Waals surface area contributed by atoms with Gasteiger partial charge in [-0.25, -0.2) is 0 Å². The highest BCUT2D eigenvalue weighted by Crippen LogP contribution is 2.18. The smallest absolute Gasteiger partial charge is 0.267 e. The van der Waals surface area contributed by atoms with Crippen LogP contribution in [-0.2, 0) is 11.2 Å². The fourth-order valence-corrected chi connectivity index (χ4v) is 3.02. The highest BCUT2D eigenvalue weighted by molar-refractivity contribution is 14.1. The second-order valence-electron chi connectivity index (χ2n) is 5.71. The Morgan fingerprint density at radius 2 is 1.96 bits per heavy atom. The second-order valence-corrected chi connectivity index (χ2v) is 6.96. The number of nitriles is 1. The van der Waals surface area contributed by atoms with E-state index in [4.69, 9.17) is 0 Å². The Kier molecular flexibility index (Phi) is 7.02. The van der Waals surface area contributed by atoms with Gasteiger partial charge in [-0.1, -0.05) is 24.3 Å². The summed E-state index contributed by atoms with van der Waals surface area (Å²) in [6, 6.07) is 15.9. The molecule has 0 fully saturated rings. The summed E-state index contributed by atoms with van der Waals surface area (Å²) in [6.45, 7) is 4.66. The van der Waals surface area contributed by atoms with E-state index < -0.39 is 5.91 Å². The third-order valence-corrected chi connectivity index (χ3v) is 4.52. The molecule has 0 aliphatic rings. The predicted molar refractivity (Wildman–Crippen MR) is 109 cm³/mol. The lowest BCUT2D eigenvalue weighted by atomic mass is 10.1. The van der Waals surface area contributed by atoms with Crippen molar-refractivity contribution >= 4 is 34.2 Å². The Balaban J connectivity index is 1.94. The Hall–Kier alpha value is -2.33. The summed E-state index contributed by atoms with van der Waals surface area (Å²) in [5.41, 5.74) is 4.22. The van der Waals surface area contributed by atoms with E-state index in [0.29, 0.717) is 12.2 Å². The van der Waals surface area contributed by atoms with Crippen molar-refractivity contribution < 1.29 is 4.79 Å². The molecule has 0 aromatic heterocycles. The van der Waals surface area contributed by atoms with Gasteiger partial charge in [-0.15, -0.1) is 0 Å². The SMILES string of the molecule is Cc1ccccc1CCN/C=C(/C#N)C(=O)Nc1ccc(I)cc1C. The van der Waals surface area contributed by atoms with Crippen LogP contribution in [0.1, 0.15) is 16.7 Å². The number of benzene rings is 2. The number of hydrogen-bond donors (Lipinski definition) is 2. The minimum atomic E-state index is -0.407. The number of carbonyl (C=O) groups excluding carboxylic acids is 1. The summed E-state index contributed by atoms with van der Waals surface area (Å²) in [5, 5.41) is 15.1. The number of nitrogens with one attached hydrogen (secondary N) is 2. The van der Waals surface area contributed by atoms with E-state index in [1.165, 1.54) is 17.3 Å². The zero-order valence-electron chi connectivity index (χ0n) is 14.3. The third kappa shape index (κ3) is 5.61. The molecule has 0 heterocycles. The van der Waals surface area contributed by atoms with Gasteiger partial charge in [-0.3, -0.25) is 4.79 Å². The molecule has 0 atom stereocenters. The van der Waals surface area contributed by atoms with E-state index in [9.17, 15) is 10.1 Å². The van der Waals surface area contributed by atoms with Gasteiger partial charge in [-0.2, -0.15) is 5.26 Å². The quantitative estimate of drug-likeness (QED) is 0.305. The topological polar surface area (TPSA) is 64.9 Å². The molecule has 1 amide bonds. The van der Waals surface area contributed by atoms with E-state index in [0.717, 1.165) is 15.6 Å². The molecule has 0 unspecified atom stereocenters. The number of rotatable bonds is 6. The fraction of sp³-hybridized carbons (Fsp3) is 0.200. The van der Waals surface area contributed by atoms with Crippen LogP contribution in [0.15, 0.2) is 54.2 Å². The van der Waals surface area contributed by atoms with Gasteiger partial charge in [0.15, 0.2) is 0 Å². The Morgan fingerprint density at radius 1 is 1.20 bits per heavy atom. The lowest BCUT2D eigenvalue weighted by Gasteiger charge is -2.09. The predicted octanol–water partition coefficient (Wildman–Crippen LogP) is 4.09. The van der Waals surface area contributed by atoms with Crippen LogP contribution in [0.3, 0.4) is 0 Å². The summed E-state index contributed by atoms with van der Waals surface area (Å²) >= 11 is 2.22. The monoisotopic (exact) mass is 445 g/mol. The van der Waals surface area contributed by atoms with Crippen molar-refractivity contribution in [2.24, 2.45) is 0 Å². The average Bonchev–Trinajstić information content (AvgIpc) is 2.59. The average molecular weight is 445 g/mol. The minimum absolute atomic E-state index is 0.0581. The molecule has 2 rings (SSSR count). The Labute approximate surface area is 162 Å². The van der Waals surface area contributed by atoms with Gasteiger partial charge in [0.25, 0.3) is 5.91 Å². The Morgan fingerprint density at radius 3 is 2.64 bits per heavy atom. The zero-order chi connectivity index (χ0) is 18.2. The molecular weight excluding hydrogens is 425 g/mol. The van der Waals surface area contributed by atoms with Crippen molar-refractivity contribution in [2.45, 2.75) is 20.3 Å². The maximum Gasteiger partial charge on any atom is 0.267 e. The number of hydrogen-bond acceptors (Lipinski definition) is 3. The lowest BCUT2D eigenvalue weighted by Crippen LogP contribution is -2.18. The molecule has 4 nitrogen and oxygen atoms in total. The molecular formula is C20H20IN3O. The number of anilines is 1. The van der Waals surface area contributed by atoms with Gasteiger partial charge in [0, 0.05) is 22.0 Å². The molecule has 2 aromatic carbocycles. The molecule has 5 heteroatoms. The van der Waals surface area contributed by atoms with Gasteiger partial charge >= 0.3 is 0 Å². The maximum absolute atomic E-state index is 12.3. The number of amides is 1. The summed E-state index contributed by atoms with van der Waals surface area (Å²) in [7, 11) is 0. The molecule has 25 heavy (non-hydrogen) atoms. The van der Waals surface area contributed by atoms with Crippen molar-refractivity contribution in [3.05, 3.63) is 74.5 Å². The largest absolute Gasteiger partial charge is 0.389 e. The molecule has 0 aliphatic heterocycles. The van der Waals surface area contributed by atoms with Crippen molar-refractivity contribution in [3.8, 4) is 6.07 Å². The third-order valence-electron chi connectivity index (χ3n) is 3.85. The van der Waals surface area contributed by atoms with Crippen molar-refractivity contribution in [3.63, 3.8) is 0 Å². The fourth-order valence-electron chi connectivity index (χ4n) is 2.38. The molecule has 2 N–H and O–H groups in total. The summed E-state index contributed by atoms with van der Waals surface area (Å²) in [4.78, 5) is 12.3. The summed E-state index contributed by atoms with van der Waals surface area (Å²) < 4.78 is 1.10. The van der Waals surface area contributed by atoms with Gasteiger partial charge in [0.05, 0.1) is 0 Å². The number of carbonyl (C=O) groups is 1. The molecule has 0 bridgehead atoms. The molecule has 2 aromatic rings. The van der Waals surface area contributed by atoms with Gasteiger partial charge in [-0.05, 0) is 77.7 Å². The summed E-state index contributed by atoms with van der Waals surface area (Å²) in [6.07, 6.45) is 2.31. The molecule has 0 radical (unpaired) electrons. The highest BCUT2D eigenvalue weighted by atomic mass is 127. The van der Waals surface area contributed by atoms with Crippen LogP contribution >= 0.6 is 22.6 Å². The molecule has 0 saturated heterocycles.